The van der Waals surface area contributed by atoms with E-state index in [1.807, 2.05) is 37.0 Å². The van der Waals surface area contributed by atoms with Gasteiger partial charge in [-0.05, 0) is 36.4 Å². The standard InChI is InChI=1S/C13H19Cl2NS/c1-9(2)17-8-11(16-3)6-10-4-5-12(14)13(15)7-10/h4-5,7,9,11,16H,6,8H2,1-3H3. The second-order valence-electron chi connectivity index (χ2n) is 4.32. The molecule has 1 atom stereocenters. The molecule has 0 spiro atoms. The quantitative estimate of drug-likeness (QED) is 0.840. The number of benzene rings is 1. The van der Waals surface area contributed by atoms with Gasteiger partial charge in [-0.2, -0.15) is 11.8 Å². The summed E-state index contributed by atoms with van der Waals surface area (Å²) in [5, 5.41) is 5.26. The first-order chi connectivity index (χ1) is 8.02. The summed E-state index contributed by atoms with van der Waals surface area (Å²) in [4.78, 5) is 0. The monoisotopic (exact) mass is 291 g/mol. The highest BCUT2D eigenvalue weighted by atomic mass is 35.5. The Hall–Kier alpha value is 0.110. The highest BCUT2D eigenvalue weighted by Crippen LogP contribution is 2.23. The summed E-state index contributed by atoms with van der Waals surface area (Å²) in [7, 11) is 2.00. The van der Waals surface area contributed by atoms with E-state index >= 15 is 0 Å². The number of likely N-dealkylation sites (N-methyl/N-ethyl adjacent to an activating group) is 1. The Morgan fingerprint density at radius 3 is 2.47 bits per heavy atom. The van der Waals surface area contributed by atoms with E-state index in [0.29, 0.717) is 21.3 Å². The van der Waals surface area contributed by atoms with E-state index in [4.69, 9.17) is 23.2 Å². The number of rotatable bonds is 6. The lowest BCUT2D eigenvalue weighted by atomic mass is 10.1. The first kappa shape index (κ1) is 15.2. The molecule has 0 saturated carbocycles. The van der Waals surface area contributed by atoms with Gasteiger partial charge < -0.3 is 5.32 Å². The van der Waals surface area contributed by atoms with Crippen molar-refractivity contribution in [1.82, 2.24) is 5.32 Å². The molecule has 1 unspecified atom stereocenters. The van der Waals surface area contributed by atoms with Crippen molar-refractivity contribution in [3.63, 3.8) is 0 Å². The van der Waals surface area contributed by atoms with Crippen LogP contribution in [0.15, 0.2) is 18.2 Å². The highest BCUT2D eigenvalue weighted by Gasteiger charge is 2.09. The smallest absolute Gasteiger partial charge is 0.0595 e. The summed E-state index contributed by atoms with van der Waals surface area (Å²) < 4.78 is 0. The lowest BCUT2D eigenvalue weighted by Gasteiger charge is -2.17. The van der Waals surface area contributed by atoms with E-state index in [1.165, 1.54) is 5.56 Å². The molecule has 0 bridgehead atoms. The fraction of sp³-hybridized carbons (Fsp3) is 0.538. The van der Waals surface area contributed by atoms with E-state index in [0.717, 1.165) is 12.2 Å². The molecule has 0 amide bonds. The second kappa shape index (κ2) is 7.52. The molecule has 1 nitrogen and oxygen atoms in total. The number of halogens is 2. The number of hydrogen-bond acceptors (Lipinski definition) is 2. The molecule has 96 valence electrons. The van der Waals surface area contributed by atoms with Crippen molar-refractivity contribution in [2.75, 3.05) is 12.8 Å². The van der Waals surface area contributed by atoms with Crippen LogP contribution < -0.4 is 5.32 Å². The Bertz CT molecular complexity index is 355. The van der Waals surface area contributed by atoms with Gasteiger partial charge in [0.25, 0.3) is 0 Å². The van der Waals surface area contributed by atoms with Crippen LogP contribution in [0.5, 0.6) is 0 Å². The van der Waals surface area contributed by atoms with Gasteiger partial charge in [-0.3, -0.25) is 0 Å². The van der Waals surface area contributed by atoms with Crippen LogP contribution in [-0.4, -0.2) is 24.1 Å². The SMILES string of the molecule is CNC(CSC(C)C)Cc1ccc(Cl)c(Cl)c1. The third-order valence-corrected chi connectivity index (χ3v) is 4.51. The van der Waals surface area contributed by atoms with Crippen LogP contribution >= 0.6 is 35.0 Å². The average Bonchev–Trinajstić information content (AvgIpc) is 2.28. The van der Waals surface area contributed by atoms with Crippen molar-refractivity contribution in [3.05, 3.63) is 33.8 Å². The maximum Gasteiger partial charge on any atom is 0.0595 e. The molecule has 1 N–H and O–H groups in total. The van der Waals surface area contributed by atoms with Crippen LogP contribution in [-0.2, 0) is 6.42 Å². The summed E-state index contributed by atoms with van der Waals surface area (Å²) in [6, 6.07) is 6.33. The molecule has 0 heterocycles. The Labute approximate surface area is 118 Å². The van der Waals surface area contributed by atoms with Gasteiger partial charge in [0.05, 0.1) is 10.0 Å². The maximum atomic E-state index is 6.01. The summed E-state index contributed by atoms with van der Waals surface area (Å²) in [5.74, 6) is 1.11. The molecule has 4 heteroatoms. The Kier molecular flexibility index (Phi) is 6.71. The minimum Gasteiger partial charge on any atom is -0.316 e. The topological polar surface area (TPSA) is 12.0 Å². The van der Waals surface area contributed by atoms with Gasteiger partial charge in [-0.15, -0.1) is 0 Å². The maximum absolute atomic E-state index is 6.01. The van der Waals surface area contributed by atoms with Crippen molar-refractivity contribution in [2.24, 2.45) is 0 Å². The molecule has 0 aliphatic rings. The predicted molar refractivity (Wildman–Crippen MR) is 80.6 cm³/mol. The van der Waals surface area contributed by atoms with Gasteiger partial charge in [0, 0.05) is 11.8 Å². The minimum atomic E-state index is 0.472. The fourth-order valence-electron chi connectivity index (χ4n) is 1.50. The summed E-state index contributed by atoms with van der Waals surface area (Å²) >= 11 is 13.9. The third kappa shape index (κ3) is 5.52. The van der Waals surface area contributed by atoms with Gasteiger partial charge in [0.15, 0.2) is 0 Å². The largest absolute Gasteiger partial charge is 0.316 e. The lowest BCUT2D eigenvalue weighted by molar-refractivity contribution is 0.616. The van der Waals surface area contributed by atoms with Crippen LogP contribution in [0.4, 0.5) is 0 Å². The van der Waals surface area contributed by atoms with Crippen molar-refractivity contribution in [1.29, 1.82) is 0 Å². The molecule has 17 heavy (non-hydrogen) atoms. The molecule has 1 aromatic rings. The molecule has 0 aliphatic carbocycles. The molecule has 0 aliphatic heterocycles. The molecule has 0 radical (unpaired) electrons. The van der Waals surface area contributed by atoms with Gasteiger partial charge in [-0.1, -0.05) is 43.1 Å². The molecular formula is C13H19Cl2NS. The van der Waals surface area contributed by atoms with Crippen molar-refractivity contribution < 1.29 is 0 Å². The van der Waals surface area contributed by atoms with Crippen LogP contribution in [0, 0.1) is 0 Å². The lowest BCUT2D eigenvalue weighted by Crippen LogP contribution is -2.30. The van der Waals surface area contributed by atoms with Gasteiger partial charge in [0.1, 0.15) is 0 Å². The normalized spacial score (nSPS) is 13.1. The zero-order chi connectivity index (χ0) is 12.8. The van der Waals surface area contributed by atoms with E-state index in [-0.39, 0.29) is 0 Å². The first-order valence-electron chi connectivity index (χ1n) is 5.75. The van der Waals surface area contributed by atoms with Crippen LogP contribution in [0.2, 0.25) is 10.0 Å². The Morgan fingerprint density at radius 1 is 1.24 bits per heavy atom. The van der Waals surface area contributed by atoms with E-state index in [1.54, 1.807) is 0 Å². The Balaban J connectivity index is 2.57. The van der Waals surface area contributed by atoms with Crippen LogP contribution in [0.1, 0.15) is 19.4 Å². The fourth-order valence-corrected chi connectivity index (χ4v) is 2.73. The first-order valence-corrected chi connectivity index (χ1v) is 7.56. The minimum absolute atomic E-state index is 0.472. The molecule has 0 saturated heterocycles. The van der Waals surface area contributed by atoms with Crippen molar-refractivity contribution >= 4 is 35.0 Å². The third-order valence-electron chi connectivity index (χ3n) is 2.51. The predicted octanol–water partition coefficient (Wildman–Crippen LogP) is 4.27. The summed E-state index contributed by atoms with van der Waals surface area (Å²) in [6.07, 6.45) is 0.979. The van der Waals surface area contributed by atoms with Crippen molar-refractivity contribution in [2.45, 2.75) is 31.6 Å². The molecule has 1 rings (SSSR count). The molecule has 1 aromatic carbocycles. The number of thioether (sulfide) groups is 1. The Morgan fingerprint density at radius 2 is 1.94 bits per heavy atom. The van der Waals surface area contributed by atoms with Gasteiger partial charge in [0.2, 0.25) is 0 Å². The summed E-state index contributed by atoms with van der Waals surface area (Å²) in [6.45, 7) is 4.44. The van der Waals surface area contributed by atoms with Crippen molar-refractivity contribution in [3.8, 4) is 0 Å². The van der Waals surface area contributed by atoms with Crippen LogP contribution in [0.3, 0.4) is 0 Å². The number of nitrogens with one attached hydrogen (secondary N) is 1. The summed E-state index contributed by atoms with van der Waals surface area (Å²) in [5.41, 5.74) is 1.23. The average molecular weight is 292 g/mol. The van der Waals surface area contributed by atoms with E-state index < -0.39 is 0 Å². The molecule has 0 fully saturated rings. The second-order valence-corrected chi connectivity index (χ2v) is 6.74. The number of hydrogen-bond donors (Lipinski definition) is 1. The molecular weight excluding hydrogens is 273 g/mol. The zero-order valence-electron chi connectivity index (χ0n) is 10.5. The van der Waals surface area contributed by atoms with E-state index in [9.17, 15) is 0 Å². The van der Waals surface area contributed by atoms with Gasteiger partial charge >= 0.3 is 0 Å². The van der Waals surface area contributed by atoms with Crippen LogP contribution in [0.25, 0.3) is 0 Å². The van der Waals surface area contributed by atoms with E-state index in [2.05, 4.69) is 19.2 Å². The van der Waals surface area contributed by atoms with Gasteiger partial charge in [-0.25, -0.2) is 0 Å². The zero-order valence-corrected chi connectivity index (χ0v) is 12.8. The molecule has 0 aromatic heterocycles. The highest BCUT2D eigenvalue weighted by molar-refractivity contribution is 7.99.